The lowest BCUT2D eigenvalue weighted by molar-refractivity contribution is -0.154. The molecule has 0 saturated carbocycles. The first-order chi connectivity index (χ1) is 11.5. The number of aromatic nitrogens is 1. The topological polar surface area (TPSA) is 85.0 Å². The number of aliphatic hydroxyl groups excluding tert-OH is 1. The van der Waals surface area contributed by atoms with Gasteiger partial charge in [0.15, 0.2) is 0 Å². The molecule has 3 heterocycles. The zero-order chi connectivity index (χ0) is 17.2. The molecule has 7 nitrogen and oxygen atoms in total. The van der Waals surface area contributed by atoms with Crippen molar-refractivity contribution in [2.75, 3.05) is 32.9 Å². The molecule has 1 unspecified atom stereocenters. The summed E-state index contributed by atoms with van der Waals surface area (Å²) in [5.41, 5.74) is 1.03. The van der Waals surface area contributed by atoms with Crippen molar-refractivity contribution in [3.05, 3.63) is 17.0 Å². The van der Waals surface area contributed by atoms with Crippen LogP contribution in [0.15, 0.2) is 4.52 Å². The first-order valence-corrected chi connectivity index (χ1v) is 8.63. The lowest BCUT2D eigenvalue weighted by atomic mass is 9.83. The Morgan fingerprint density at radius 2 is 2.17 bits per heavy atom. The van der Waals surface area contributed by atoms with E-state index in [1.54, 1.807) is 13.8 Å². The van der Waals surface area contributed by atoms with Gasteiger partial charge in [-0.2, -0.15) is 0 Å². The highest BCUT2D eigenvalue weighted by molar-refractivity contribution is 5.96. The van der Waals surface area contributed by atoms with Crippen molar-refractivity contribution >= 4 is 5.91 Å². The molecule has 1 atom stereocenters. The van der Waals surface area contributed by atoms with Gasteiger partial charge in [-0.15, -0.1) is 0 Å². The Hall–Kier alpha value is -1.44. The summed E-state index contributed by atoms with van der Waals surface area (Å²) in [6, 6.07) is 0. The van der Waals surface area contributed by atoms with Crippen molar-refractivity contribution < 1.29 is 23.9 Å². The van der Waals surface area contributed by atoms with E-state index in [4.69, 9.17) is 19.1 Å². The zero-order valence-corrected chi connectivity index (χ0v) is 14.4. The van der Waals surface area contributed by atoms with Crippen LogP contribution in [-0.2, 0) is 9.47 Å². The summed E-state index contributed by atoms with van der Waals surface area (Å²) in [5.74, 6) is 0.564. The van der Waals surface area contributed by atoms with Crippen LogP contribution < -0.4 is 0 Å². The Kier molecular flexibility index (Phi) is 5.22. The first kappa shape index (κ1) is 17.4. The highest BCUT2D eigenvalue weighted by atomic mass is 16.5. The van der Waals surface area contributed by atoms with Gasteiger partial charge in [-0.3, -0.25) is 4.79 Å². The molecule has 0 bridgehead atoms. The second-order valence-corrected chi connectivity index (χ2v) is 6.73. The van der Waals surface area contributed by atoms with Crippen LogP contribution in [0.4, 0.5) is 0 Å². The minimum absolute atomic E-state index is 0.00927. The predicted molar refractivity (Wildman–Crippen MR) is 85.9 cm³/mol. The fourth-order valence-corrected chi connectivity index (χ4v) is 3.76. The average molecular weight is 338 g/mol. The molecule has 1 amide bonds. The second kappa shape index (κ2) is 7.21. The van der Waals surface area contributed by atoms with Gasteiger partial charge in [-0.25, -0.2) is 0 Å². The molecule has 24 heavy (non-hydrogen) atoms. The third-order valence-corrected chi connectivity index (χ3v) is 5.10. The van der Waals surface area contributed by atoms with Gasteiger partial charge in [-0.1, -0.05) is 5.16 Å². The number of carbonyl (C=O) groups is 1. The third-order valence-electron chi connectivity index (χ3n) is 5.10. The minimum Gasteiger partial charge on any atom is -0.394 e. The molecule has 1 N–H and O–H groups in total. The SMILES string of the molecule is Cc1noc(C)c1C(=O)N1CCC2(CC1)CC(OCCO)CCO2. The summed E-state index contributed by atoms with van der Waals surface area (Å²) in [7, 11) is 0. The first-order valence-electron chi connectivity index (χ1n) is 8.63. The van der Waals surface area contributed by atoms with Crippen LogP contribution in [0.25, 0.3) is 0 Å². The Morgan fingerprint density at radius 1 is 1.42 bits per heavy atom. The number of amides is 1. The van der Waals surface area contributed by atoms with Crippen molar-refractivity contribution in [2.45, 2.75) is 51.2 Å². The van der Waals surface area contributed by atoms with Crippen molar-refractivity contribution in [1.82, 2.24) is 10.1 Å². The number of hydrogen-bond acceptors (Lipinski definition) is 6. The number of aryl methyl sites for hydroxylation is 2. The molecule has 1 aromatic rings. The fourth-order valence-electron chi connectivity index (χ4n) is 3.76. The van der Waals surface area contributed by atoms with Crippen LogP contribution in [0.5, 0.6) is 0 Å². The number of aliphatic hydroxyl groups is 1. The maximum Gasteiger partial charge on any atom is 0.259 e. The van der Waals surface area contributed by atoms with Crippen LogP contribution in [0.1, 0.15) is 47.5 Å². The molecule has 0 aromatic carbocycles. The molecule has 3 rings (SSSR count). The van der Waals surface area contributed by atoms with Crippen LogP contribution in [0.2, 0.25) is 0 Å². The van der Waals surface area contributed by atoms with E-state index >= 15 is 0 Å². The van der Waals surface area contributed by atoms with Crippen molar-refractivity contribution in [1.29, 1.82) is 0 Å². The molecular weight excluding hydrogens is 312 g/mol. The molecule has 134 valence electrons. The van der Waals surface area contributed by atoms with Gasteiger partial charge in [-0.05, 0) is 33.1 Å². The summed E-state index contributed by atoms with van der Waals surface area (Å²) >= 11 is 0. The van der Waals surface area contributed by atoms with Gasteiger partial charge in [0.05, 0.1) is 30.6 Å². The van der Waals surface area contributed by atoms with Gasteiger partial charge < -0.3 is 24.0 Å². The van der Waals surface area contributed by atoms with E-state index in [2.05, 4.69) is 5.16 Å². The predicted octanol–water partition coefficient (Wildman–Crippen LogP) is 1.45. The van der Waals surface area contributed by atoms with Gasteiger partial charge in [0.1, 0.15) is 11.3 Å². The van der Waals surface area contributed by atoms with E-state index in [1.165, 1.54) is 0 Å². The summed E-state index contributed by atoms with van der Waals surface area (Å²) in [6.45, 7) is 5.98. The second-order valence-electron chi connectivity index (χ2n) is 6.73. The monoisotopic (exact) mass is 338 g/mol. The van der Waals surface area contributed by atoms with E-state index in [0.29, 0.717) is 43.3 Å². The van der Waals surface area contributed by atoms with E-state index in [-0.39, 0.29) is 24.2 Å². The summed E-state index contributed by atoms with van der Waals surface area (Å²) in [6.07, 6.45) is 3.45. The smallest absolute Gasteiger partial charge is 0.259 e. The number of rotatable bonds is 4. The number of nitrogens with zero attached hydrogens (tertiary/aromatic N) is 2. The molecule has 1 aromatic heterocycles. The molecule has 2 saturated heterocycles. The average Bonchev–Trinajstić information content (AvgIpc) is 2.92. The molecule has 0 aliphatic carbocycles. The molecule has 2 aliphatic heterocycles. The Balaban J connectivity index is 1.60. The number of ether oxygens (including phenoxy) is 2. The molecule has 2 fully saturated rings. The van der Waals surface area contributed by atoms with Gasteiger partial charge in [0, 0.05) is 26.1 Å². The number of carbonyl (C=O) groups excluding carboxylic acids is 1. The van der Waals surface area contributed by atoms with E-state index < -0.39 is 0 Å². The summed E-state index contributed by atoms with van der Waals surface area (Å²) in [4.78, 5) is 14.6. The van der Waals surface area contributed by atoms with E-state index in [1.807, 2.05) is 4.90 Å². The Labute approximate surface area is 141 Å². The van der Waals surface area contributed by atoms with Crippen LogP contribution in [0.3, 0.4) is 0 Å². The number of likely N-dealkylation sites (tertiary alicyclic amines) is 1. The van der Waals surface area contributed by atoms with Gasteiger partial charge in [0.2, 0.25) is 0 Å². The summed E-state index contributed by atoms with van der Waals surface area (Å²) in [5, 5.41) is 12.8. The molecule has 7 heteroatoms. The Morgan fingerprint density at radius 3 is 2.79 bits per heavy atom. The highest BCUT2D eigenvalue weighted by Gasteiger charge is 2.42. The third kappa shape index (κ3) is 3.48. The zero-order valence-electron chi connectivity index (χ0n) is 14.4. The normalized spacial score (nSPS) is 23.6. The fraction of sp³-hybridized carbons (Fsp3) is 0.765. The van der Waals surface area contributed by atoms with Crippen molar-refractivity contribution in [2.24, 2.45) is 0 Å². The lowest BCUT2D eigenvalue weighted by Crippen LogP contribution is -2.52. The van der Waals surface area contributed by atoms with Crippen LogP contribution in [-0.4, -0.2) is 65.7 Å². The van der Waals surface area contributed by atoms with Gasteiger partial charge >= 0.3 is 0 Å². The quantitative estimate of drug-likeness (QED) is 0.894. The maximum atomic E-state index is 12.7. The lowest BCUT2D eigenvalue weighted by Gasteiger charge is -2.46. The molecule has 0 radical (unpaired) electrons. The molecular formula is C17H26N2O5. The van der Waals surface area contributed by atoms with Crippen molar-refractivity contribution in [3.8, 4) is 0 Å². The van der Waals surface area contributed by atoms with Gasteiger partial charge in [0.25, 0.3) is 5.91 Å². The maximum absolute atomic E-state index is 12.7. The van der Waals surface area contributed by atoms with Crippen molar-refractivity contribution in [3.63, 3.8) is 0 Å². The van der Waals surface area contributed by atoms with E-state index in [9.17, 15) is 4.79 Å². The van der Waals surface area contributed by atoms with E-state index in [0.717, 1.165) is 25.7 Å². The largest absolute Gasteiger partial charge is 0.394 e. The minimum atomic E-state index is -0.201. The number of piperidine rings is 1. The standard InChI is InChI=1S/C17H26N2O5/c1-12-15(13(2)24-18-12)16(21)19-6-4-17(5-7-19)11-14(3-9-23-17)22-10-8-20/h14,20H,3-11H2,1-2H3. The molecule has 2 aliphatic rings. The Bertz CT molecular complexity index is 558. The number of hydrogen-bond donors (Lipinski definition) is 1. The molecule has 1 spiro atoms. The van der Waals surface area contributed by atoms with Crippen LogP contribution >= 0.6 is 0 Å². The summed E-state index contributed by atoms with van der Waals surface area (Å²) < 4.78 is 16.9. The highest BCUT2D eigenvalue weighted by Crippen LogP contribution is 2.36. The van der Waals surface area contributed by atoms with Crippen LogP contribution in [0, 0.1) is 13.8 Å².